The van der Waals surface area contributed by atoms with Gasteiger partial charge in [0.1, 0.15) is 0 Å². The summed E-state index contributed by atoms with van der Waals surface area (Å²) in [5.41, 5.74) is 6.27. The van der Waals surface area contributed by atoms with E-state index in [1.165, 1.54) is 0 Å². The summed E-state index contributed by atoms with van der Waals surface area (Å²) < 4.78 is 0. The van der Waals surface area contributed by atoms with Gasteiger partial charge in [-0.3, -0.25) is 9.98 Å². The molecule has 1 aromatic rings. The standard InChI is InChI=1S/C12H18ClN5S/c1-8(2)17-12(18-11(14)19)16-7-5-10-9(13)4-3-6-15-10/h3-4,6,8H,5,7H2,1-2H3,(H4,14,16,17,18,19). The van der Waals surface area contributed by atoms with Gasteiger partial charge in [0, 0.05) is 25.2 Å². The fraction of sp³-hybridized carbons (Fsp3) is 0.417. The molecule has 0 amide bonds. The molecule has 0 aliphatic heterocycles. The van der Waals surface area contributed by atoms with Crippen molar-refractivity contribution >= 4 is 34.9 Å². The van der Waals surface area contributed by atoms with E-state index < -0.39 is 0 Å². The van der Waals surface area contributed by atoms with Crippen LogP contribution in [0.2, 0.25) is 5.02 Å². The molecule has 19 heavy (non-hydrogen) atoms. The average molecular weight is 300 g/mol. The highest BCUT2D eigenvalue weighted by atomic mass is 35.5. The van der Waals surface area contributed by atoms with Gasteiger partial charge in [-0.2, -0.15) is 0 Å². The van der Waals surface area contributed by atoms with Crippen LogP contribution >= 0.6 is 23.8 Å². The van der Waals surface area contributed by atoms with Gasteiger partial charge in [-0.05, 0) is 38.2 Å². The maximum absolute atomic E-state index is 6.03. The molecule has 1 rings (SSSR count). The number of hydrogen-bond donors (Lipinski definition) is 3. The number of hydrogen-bond acceptors (Lipinski definition) is 3. The van der Waals surface area contributed by atoms with Crippen LogP contribution in [0.3, 0.4) is 0 Å². The molecule has 0 saturated heterocycles. The molecule has 0 radical (unpaired) electrons. The van der Waals surface area contributed by atoms with E-state index >= 15 is 0 Å². The Balaban J connectivity index is 2.60. The van der Waals surface area contributed by atoms with Crippen molar-refractivity contribution in [3.63, 3.8) is 0 Å². The van der Waals surface area contributed by atoms with Crippen LogP contribution in [0.25, 0.3) is 0 Å². The Hall–Kier alpha value is -1.40. The van der Waals surface area contributed by atoms with E-state index in [1.807, 2.05) is 19.9 Å². The second-order valence-corrected chi connectivity index (χ2v) is 5.05. The minimum Gasteiger partial charge on any atom is -0.376 e. The van der Waals surface area contributed by atoms with Gasteiger partial charge < -0.3 is 16.4 Å². The van der Waals surface area contributed by atoms with Gasteiger partial charge in [0.15, 0.2) is 11.1 Å². The second-order valence-electron chi connectivity index (χ2n) is 4.20. The zero-order valence-electron chi connectivity index (χ0n) is 11.0. The Kier molecular flexibility index (Phi) is 6.52. The SMILES string of the molecule is CC(C)NC(=NCCc1ncccc1Cl)NC(N)=S. The molecule has 5 nitrogen and oxygen atoms in total. The third-order valence-corrected chi connectivity index (χ3v) is 2.57. The lowest BCUT2D eigenvalue weighted by atomic mass is 10.3. The number of nitrogens with one attached hydrogen (secondary N) is 2. The fourth-order valence-corrected chi connectivity index (χ4v) is 1.70. The molecule has 1 heterocycles. The first kappa shape index (κ1) is 15.7. The van der Waals surface area contributed by atoms with Gasteiger partial charge in [-0.25, -0.2) is 0 Å². The number of rotatable bonds is 4. The molecule has 0 unspecified atom stereocenters. The summed E-state index contributed by atoms with van der Waals surface area (Å²) in [5, 5.41) is 6.77. The number of nitrogens with zero attached hydrogens (tertiary/aromatic N) is 2. The van der Waals surface area contributed by atoms with Crippen molar-refractivity contribution in [1.82, 2.24) is 15.6 Å². The summed E-state index contributed by atoms with van der Waals surface area (Å²) in [6.07, 6.45) is 2.37. The van der Waals surface area contributed by atoms with Crippen molar-refractivity contribution in [2.45, 2.75) is 26.3 Å². The summed E-state index contributed by atoms with van der Waals surface area (Å²) in [5.74, 6) is 0.564. The molecule has 0 saturated carbocycles. The molecule has 0 atom stereocenters. The smallest absolute Gasteiger partial charge is 0.197 e. The largest absolute Gasteiger partial charge is 0.376 e. The number of nitrogens with two attached hydrogens (primary N) is 1. The first-order chi connectivity index (χ1) is 8.99. The van der Waals surface area contributed by atoms with Crippen LogP contribution in [0.15, 0.2) is 23.3 Å². The van der Waals surface area contributed by atoms with Crippen LogP contribution in [0.4, 0.5) is 0 Å². The number of aliphatic imine (C=N–C) groups is 1. The zero-order chi connectivity index (χ0) is 14.3. The predicted molar refractivity (Wildman–Crippen MR) is 83.4 cm³/mol. The highest BCUT2D eigenvalue weighted by Crippen LogP contribution is 2.12. The maximum atomic E-state index is 6.03. The molecule has 1 aromatic heterocycles. The van der Waals surface area contributed by atoms with Gasteiger partial charge in [-0.1, -0.05) is 11.6 Å². The van der Waals surface area contributed by atoms with E-state index in [0.717, 1.165) is 5.69 Å². The normalized spacial score (nSPS) is 11.5. The van der Waals surface area contributed by atoms with E-state index in [9.17, 15) is 0 Å². The number of thiocarbonyl (C=S) groups is 1. The Morgan fingerprint density at radius 2 is 2.32 bits per heavy atom. The second kappa shape index (κ2) is 7.91. The Morgan fingerprint density at radius 3 is 2.89 bits per heavy atom. The molecule has 104 valence electrons. The average Bonchev–Trinajstić information content (AvgIpc) is 2.30. The van der Waals surface area contributed by atoms with Crippen LogP contribution in [0.5, 0.6) is 0 Å². The highest BCUT2D eigenvalue weighted by Gasteiger charge is 2.03. The van der Waals surface area contributed by atoms with Gasteiger partial charge in [-0.15, -0.1) is 0 Å². The third kappa shape index (κ3) is 6.35. The monoisotopic (exact) mass is 299 g/mol. The summed E-state index contributed by atoms with van der Waals surface area (Å²) >= 11 is 10.8. The van der Waals surface area contributed by atoms with Crippen LogP contribution in [0.1, 0.15) is 19.5 Å². The summed E-state index contributed by atoms with van der Waals surface area (Å²) in [6.45, 7) is 4.56. The molecule has 7 heteroatoms. The van der Waals surface area contributed by atoms with Crippen LogP contribution in [-0.4, -0.2) is 28.6 Å². The number of aromatic nitrogens is 1. The number of halogens is 1. The van der Waals surface area contributed by atoms with Gasteiger partial charge >= 0.3 is 0 Å². The van der Waals surface area contributed by atoms with E-state index in [0.29, 0.717) is 23.9 Å². The van der Waals surface area contributed by atoms with Gasteiger partial charge in [0.25, 0.3) is 0 Å². The van der Waals surface area contributed by atoms with Crippen LogP contribution in [-0.2, 0) is 6.42 Å². The van der Waals surface area contributed by atoms with Crippen molar-refractivity contribution in [2.24, 2.45) is 10.7 Å². The zero-order valence-corrected chi connectivity index (χ0v) is 12.6. The Morgan fingerprint density at radius 1 is 1.58 bits per heavy atom. The molecule has 0 fully saturated rings. The minimum absolute atomic E-state index is 0.183. The van der Waals surface area contributed by atoms with Crippen molar-refractivity contribution in [2.75, 3.05) is 6.54 Å². The topological polar surface area (TPSA) is 75.3 Å². The van der Waals surface area contributed by atoms with Crippen LogP contribution < -0.4 is 16.4 Å². The van der Waals surface area contributed by atoms with Gasteiger partial charge in [0.05, 0.1) is 10.7 Å². The van der Waals surface area contributed by atoms with E-state index in [-0.39, 0.29) is 11.2 Å². The molecule has 0 spiro atoms. The maximum Gasteiger partial charge on any atom is 0.197 e. The summed E-state index contributed by atoms with van der Waals surface area (Å²) in [7, 11) is 0. The lowest BCUT2D eigenvalue weighted by molar-refractivity contribution is 0.716. The van der Waals surface area contributed by atoms with Crippen molar-refractivity contribution in [3.8, 4) is 0 Å². The highest BCUT2D eigenvalue weighted by molar-refractivity contribution is 7.80. The summed E-state index contributed by atoms with van der Waals surface area (Å²) in [6, 6.07) is 3.85. The molecule has 0 bridgehead atoms. The molecule has 0 aromatic carbocycles. The molecule has 0 aliphatic rings. The molecule has 0 aliphatic carbocycles. The lowest BCUT2D eigenvalue weighted by Crippen LogP contribution is -2.46. The van der Waals surface area contributed by atoms with E-state index in [1.54, 1.807) is 12.3 Å². The number of guanidine groups is 1. The molecule has 4 N–H and O–H groups in total. The fourth-order valence-electron chi connectivity index (χ4n) is 1.39. The minimum atomic E-state index is 0.183. The van der Waals surface area contributed by atoms with Crippen LogP contribution in [0, 0.1) is 0 Å². The quantitative estimate of drug-likeness (QED) is 0.446. The number of pyridine rings is 1. The Bertz CT molecular complexity index is 461. The first-order valence-corrected chi connectivity index (χ1v) is 6.74. The Labute approximate surface area is 123 Å². The van der Waals surface area contributed by atoms with Crippen molar-refractivity contribution in [1.29, 1.82) is 0 Å². The van der Waals surface area contributed by atoms with Crippen molar-refractivity contribution in [3.05, 3.63) is 29.0 Å². The summed E-state index contributed by atoms with van der Waals surface area (Å²) in [4.78, 5) is 8.57. The lowest BCUT2D eigenvalue weighted by Gasteiger charge is -2.13. The molecular weight excluding hydrogens is 282 g/mol. The predicted octanol–water partition coefficient (Wildman–Crippen LogP) is 1.46. The van der Waals surface area contributed by atoms with E-state index in [2.05, 4.69) is 20.6 Å². The first-order valence-electron chi connectivity index (χ1n) is 5.96. The third-order valence-electron chi connectivity index (χ3n) is 2.12. The van der Waals surface area contributed by atoms with Gasteiger partial charge in [0.2, 0.25) is 0 Å². The van der Waals surface area contributed by atoms with E-state index in [4.69, 9.17) is 29.6 Å². The molecular formula is C12H18ClN5S. The van der Waals surface area contributed by atoms with Crippen molar-refractivity contribution < 1.29 is 0 Å².